The van der Waals surface area contributed by atoms with Crippen LogP contribution in [0.15, 0.2) is 36.5 Å². The topological polar surface area (TPSA) is 71.9 Å². The van der Waals surface area contributed by atoms with Gasteiger partial charge in [-0.25, -0.2) is 0 Å². The van der Waals surface area contributed by atoms with Crippen LogP contribution < -0.4 is 10.5 Å². The predicted molar refractivity (Wildman–Crippen MR) is 65.5 cm³/mol. The molecule has 1 heterocycles. The third-order valence-electron chi connectivity index (χ3n) is 2.39. The van der Waals surface area contributed by atoms with Gasteiger partial charge < -0.3 is 10.5 Å². The van der Waals surface area contributed by atoms with Gasteiger partial charge in [-0.05, 0) is 30.3 Å². The van der Waals surface area contributed by atoms with E-state index in [-0.39, 0.29) is 11.3 Å². The summed E-state index contributed by atoms with van der Waals surface area (Å²) in [7, 11) is 0. The van der Waals surface area contributed by atoms with Crippen LogP contribution in [0.2, 0.25) is 0 Å². The van der Waals surface area contributed by atoms with Crippen molar-refractivity contribution in [2.24, 2.45) is 0 Å². The Bertz CT molecular complexity index is 660. The van der Waals surface area contributed by atoms with E-state index in [1.807, 2.05) is 6.07 Å². The number of anilines is 1. The largest absolute Gasteiger partial charge is 0.573 e. The van der Waals surface area contributed by atoms with Crippen LogP contribution in [0.3, 0.4) is 0 Å². The van der Waals surface area contributed by atoms with Crippen molar-refractivity contribution in [1.82, 2.24) is 4.98 Å². The molecule has 0 saturated heterocycles. The quantitative estimate of drug-likeness (QED) is 0.916. The summed E-state index contributed by atoms with van der Waals surface area (Å²) in [6, 6.07) is 8.47. The Morgan fingerprint density at radius 2 is 1.85 bits per heavy atom. The molecule has 0 unspecified atom stereocenters. The highest BCUT2D eigenvalue weighted by atomic mass is 19.4. The van der Waals surface area contributed by atoms with Gasteiger partial charge in [0.15, 0.2) is 0 Å². The molecule has 0 aliphatic carbocycles. The summed E-state index contributed by atoms with van der Waals surface area (Å²) in [4.78, 5) is 4.01. The van der Waals surface area contributed by atoms with Gasteiger partial charge in [0.1, 0.15) is 11.8 Å². The minimum atomic E-state index is -4.74. The molecule has 7 heteroatoms. The van der Waals surface area contributed by atoms with Crippen LogP contribution in [0.25, 0.3) is 11.3 Å². The summed E-state index contributed by atoms with van der Waals surface area (Å²) < 4.78 is 39.9. The zero-order chi connectivity index (χ0) is 14.8. The molecular formula is C13H8F3N3O. The number of pyridine rings is 1. The summed E-state index contributed by atoms with van der Waals surface area (Å²) in [5, 5.41) is 8.99. The fraction of sp³-hybridized carbons (Fsp3) is 0.0769. The number of hydrogen-bond acceptors (Lipinski definition) is 4. The SMILES string of the molecule is N#Cc1cc(N)cnc1-c1ccc(OC(F)(F)F)cc1. The highest BCUT2D eigenvalue weighted by Crippen LogP contribution is 2.27. The van der Waals surface area contributed by atoms with E-state index < -0.39 is 6.36 Å². The van der Waals surface area contributed by atoms with E-state index in [4.69, 9.17) is 11.0 Å². The Labute approximate surface area is 112 Å². The van der Waals surface area contributed by atoms with Crippen molar-refractivity contribution in [2.75, 3.05) is 5.73 Å². The molecule has 0 radical (unpaired) electrons. The van der Waals surface area contributed by atoms with Crippen LogP contribution >= 0.6 is 0 Å². The number of nitrogens with two attached hydrogens (primary N) is 1. The molecule has 0 aliphatic rings. The lowest BCUT2D eigenvalue weighted by Gasteiger charge is -2.09. The summed E-state index contributed by atoms with van der Waals surface area (Å²) in [5.74, 6) is -0.338. The third kappa shape index (κ3) is 3.17. The van der Waals surface area contributed by atoms with Crippen molar-refractivity contribution < 1.29 is 17.9 Å². The molecule has 2 N–H and O–H groups in total. The lowest BCUT2D eigenvalue weighted by atomic mass is 10.1. The zero-order valence-corrected chi connectivity index (χ0v) is 9.98. The van der Waals surface area contributed by atoms with Crippen molar-refractivity contribution >= 4 is 5.69 Å². The first kappa shape index (κ1) is 13.7. The first-order valence-corrected chi connectivity index (χ1v) is 5.41. The van der Waals surface area contributed by atoms with E-state index in [9.17, 15) is 13.2 Å². The van der Waals surface area contributed by atoms with Gasteiger partial charge in [0, 0.05) is 5.56 Å². The second-order valence-electron chi connectivity index (χ2n) is 3.85. The number of alkyl halides is 3. The number of nitrogen functional groups attached to an aromatic ring is 1. The van der Waals surface area contributed by atoms with E-state index in [0.29, 0.717) is 16.9 Å². The Kier molecular flexibility index (Phi) is 3.48. The number of aromatic nitrogens is 1. The van der Waals surface area contributed by atoms with Crippen molar-refractivity contribution in [2.45, 2.75) is 6.36 Å². The van der Waals surface area contributed by atoms with Gasteiger partial charge in [0.2, 0.25) is 0 Å². The molecule has 2 rings (SSSR count). The number of nitriles is 1. The number of rotatable bonds is 2. The molecule has 0 fully saturated rings. The van der Waals surface area contributed by atoms with Crippen molar-refractivity contribution in [3.8, 4) is 23.1 Å². The van der Waals surface area contributed by atoms with Gasteiger partial charge in [-0.15, -0.1) is 13.2 Å². The molecule has 4 nitrogen and oxygen atoms in total. The molecule has 1 aromatic carbocycles. The van der Waals surface area contributed by atoms with Crippen molar-refractivity contribution in [3.05, 3.63) is 42.1 Å². The molecule has 0 atom stereocenters. The lowest BCUT2D eigenvalue weighted by Crippen LogP contribution is -2.16. The summed E-state index contributed by atoms with van der Waals surface area (Å²) in [6.07, 6.45) is -3.37. The average Bonchev–Trinajstić information content (AvgIpc) is 2.38. The molecule has 102 valence electrons. The maximum absolute atomic E-state index is 12.0. The second-order valence-corrected chi connectivity index (χ2v) is 3.85. The van der Waals surface area contributed by atoms with Crippen LogP contribution in [-0.4, -0.2) is 11.3 Å². The molecule has 0 spiro atoms. The van der Waals surface area contributed by atoms with Crippen LogP contribution in [0.1, 0.15) is 5.56 Å². The third-order valence-corrected chi connectivity index (χ3v) is 2.39. The van der Waals surface area contributed by atoms with Gasteiger partial charge in [0.05, 0.1) is 23.1 Å². The summed E-state index contributed by atoms with van der Waals surface area (Å²) in [6.45, 7) is 0. The Morgan fingerprint density at radius 1 is 1.20 bits per heavy atom. The van der Waals surface area contributed by atoms with E-state index in [1.54, 1.807) is 0 Å². The maximum atomic E-state index is 12.0. The smallest absolute Gasteiger partial charge is 0.406 e. The Morgan fingerprint density at radius 3 is 2.40 bits per heavy atom. The van der Waals surface area contributed by atoms with Crippen molar-refractivity contribution in [3.63, 3.8) is 0 Å². The van der Waals surface area contributed by atoms with Crippen molar-refractivity contribution in [1.29, 1.82) is 5.26 Å². The monoisotopic (exact) mass is 279 g/mol. The van der Waals surface area contributed by atoms with Gasteiger partial charge in [-0.1, -0.05) is 0 Å². The normalized spacial score (nSPS) is 10.9. The van der Waals surface area contributed by atoms with Gasteiger partial charge in [0.25, 0.3) is 0 Å². The lowest BCUT2D eigenvalue weighted by molar-refractivity contribution is -0.274. The van der Waals surface area contributed by atoms with Gasteiger partial charge >= 0.3 is 6.36 Å². The van der Waals surface area contributed by atoms with Crippen LogP contribution in [0, 0.1) is 11.3 Å². The standard InChI is InChI=1S/C13H8F3N3O/c14-13(15,16)20-11-3-1-8(2-4-11)12-9(6-17)5-10(18)7-19-12/h1-5,7H,18H2. The summed E-state index contributed by atoms with van der Waals surface area (Å²) >= 11 is 0. The zero-order valence-electron chi connectivity index (χ0n) is 9.98. The predicted octanol–water partition coefficient (Wildman–Crippen LogP) is 3.10. The maximum Gasteiger partial charge on any atom is 0.573 e. The fourth-order valence-electron chi connectivity index (χ4n) is 1.61. The Hall–Kier alpha value is -2.75. The molecule has 1 aromatic heterocycles. The molecule has 20 heavy (non-hydrogen) atoms. The number of benzene rings is 1. The minimum absolute atomic E-state index is 0.245. The van der Waals surface area contributed by atoms with Crippen LogP contribution in [0.4, 0.5) is 18.9 Å². The van der Waals surface area contributed by atoms with Crippen LogP contribution in [0.5, 0.6) is 5.75 Å². The highest BCUT2D eigenvalue weighted by molar-refractivity contribution is 5.68. The molecule has 0 saturated carbocycles. The molecule has 0 aliphatic heterocycles. The molecular weight excluding hydrogens is 271 g/mol. The molecule has 2 aromatic rings. The van der Waals surface area contributed by atoms with Gasteiger partial charge in [-0.3, -0.25) is 4.98 Å². The number of ether oxygens (including phenoxy) is 1. The van der Waals surface area contributed by atoms with E-state index in [2.05, 4.69) is 9.72 Å². The second kappa shape index (κ2) is 5.09. The molecule has 0 amide bonds. The number of halogens is 3. The van der Waals surface area contributed by atoms with E-state index in [1.165, 1.54) is 24.4 Å². The highest BCUT2D eigenvalue weighted by Gasteiger charge is 2.31. The Balaban J connectivity index is 2.34. The van der Waals surface area contributed by atoms with E-state index in [0.717, 1.165) is 12.1 Å². The number of hydrogen-bond donors (Lipinski definition) is 1. The minimum Gasteiger partial charge on any atom is -0.406 e. The number of nitrogens with zero attached hydrogens (tertiary/aromatic N) is 2. The van der Waals surface area contributed by atoms with Crippen LogP contribution in [-0.2, 0) is 0 Å². The fourth-order valence-corrected chi connectivity index (χ4v) is 1.61. The first-order chi connectivity index (χ1) is 9.39. The van der Waals surface area contributed by atoms with E-state index >= 15 is 0 Å². The summed E-state index contributed by atoms with van der Waals surface area (Å²) in [5.41, 5.74) is 6.94. The molecule has 0 bridgehead atoms. The van der Waals surface area contributed by atoms with Gasteiger partial charge in [-0.2, -0.15) is 5.26 Å². The average molecular weight is 279 g/mol. The first-order valence-electron chi connectivity index (χ1n) is 5.41.